The fraction of sp³-hybridized carbons (Fsp3) is 0.704. The number of hydrogen-bond acceptors (Lipinski definition) is 7. The number of anilines is 2. The molecule has 0 saturated carbocycles. The van der Waals surface area contributed by atoms with Gasteiger partial charge in [0.1, 0.15) is 23.8 Å². The molecule has 1 N–H and O–H groups in total. The van der Waals surface area contributed by atoms with Crippen molar-refractivity contribution < 1.29 is 22.7 Å². The highest BCUT2D eigenvalue weighted by molar-refractivity contribution is 5.94. The van der Waals surface area contributed by atoms with Crippen LogP contribution in [-0.4, -0.2) is 82.4 Å². The number of imidazole rings is 1. The lowest BCUT2D eigenvalue weighted by atomic mass is 9.90. The van der Waals surface area contributed by atoms with Crippen LogP contribution in [-0.2, 0) is 16.1 Å². The summed E-state index contributed by atoms with van der Waals surface area (Å²) in [5, 5.41) is 2.51. The standard InChI is InChI=1S/C27H36F3N7O2/c28-27(29,30)20-15-22(38)34-24-23(20)26(32-17-31-24)36-9-3-19(4-10-36)25-33-21(18-5-13-39-14-6-18)16-37(25)12-11-35-7-1-2-8-35/h16-20H,1-15H2,(H,31,32,34,38)/t20-/m1/s1. The maximum Gasteiger partial charge on any atom is 0.396 e. The molecule has 2 aromatic rings. The van der Waals surface area contributed by atoms with Crippen LogP contribution in [0, 0.1) is 0 Å². The summed E-state index contributed by atoms with van der Waals surface area (Å²) < 4.78 is 49.7. The molecule has 39 heavy (non-hydrogen) atoms. The quantitative estimate of drug-likeness (QED) is 0.584. The molecule has 0 spiro atoms. The van der Waals surface area contributed by atoms with E-state index in [9.17, 15) is 18.0 Å². The Morgan fingerprint density at radius 1 is 0.974 bits per heavy atom. The minimum atomic E-state index is -4.55. The van der Waals surface area contributed by atoms with E-state index >= 15 is 0 Å². The molecule has 0 radical (unpaired) electrons. The van der Waals surface area contributed by atoms with Crippen molar-refractivity contribution in [2.75, 3.05) is 56.2 Å². The van der Waals surface area contributed by atoms with Crippen molar-refractivity contribution in [1.82, 2.24) is 24.4 Å². The third-order valence-corrected chi connectivity index (χ3v) is 8.73. The first-order valence-electron chi connectivity index (χ1n) is 14.2. The van der Waals surface area contributed by atoms with Crippen LogP contribution in [0.4, 0.5) is 24.8 Å². The third-order valence-electron chi connectivity index (χ3n) is 8.73. The van der Waals surface area contributed by atoms with Gasteiger partial charge in [-0.3, -0.25) is 4.79 Å². The van der Waals surface area contributed by atoms with Crippen LogP contribution in [0.1, 0.15) is 79.8 Å². The molecule has 1 amide bonds. The lowest BCUT2D eigenvalue weighted by Crippen LogP contribution is -2.38. The smallest absolute Gasteiger partial charge is 0.381 e. The summed E-state index contributed by atoms with van der Waals surface area (Å²) in [6, 6.07) is 0. The number of nitrogens with zero attached hydrogens (tertiary/aromatic N) is 6. The average Bonchev–Trinajstić information content (AvgIpc) is 3.61. The van der Waals surface area contributed by atoms with E-state index in [1.165, 1.54) is 19.2 Å². The molecule has 6 rings (SSSR count). The first-order valence-corrected chi connectivity index (χ1v) is 14.2. The van der Waals surface area contributed by atoms with Crippen LogP contribution >= 0.6 is 0 Å². The molecular weight excluding hydrogens is 511 g/mol. The zero-order valence-electron chi connectivity index (χ0n) is 22.1. The Kier molecular flexibility index (Phi) is 7.49. The summed E-state index contributed by atoms with van der Waals surface area (Å²) in [5.74, 6) is -0.589. The summed E-state index contributed by atoms with van der Waals surface area (Å²) in [5.41, 5.74) is 1.13. The zero-order chi connectivity index (χ0) is 27.0. The van der Waals surface area contributed by atoms with Crippen LogP contribution < -0.4 is 10.2 Å². The molecule has 12 heteroatoms. The number of ether oxygens (including phenoxy) is 1. The highest BCUT2D eigenvalue weighted by Gasteiger charge is 2.48. The van der Waals surface area contributed by atoms with E-state index in [1.807, 2.05) is 4.90 Å². The molecule has 4 aliphatic rings. The van der Waals surface area contributed by atoms with Gasteiger partial charge in [0.15, 0.2) is 0 Å². The van der Waals surface area contributed by atoms with E-state index in [1.54, 1.807) is 0 Å². The second-order valence-electron chi connectivity index (χ2n) is 11.2. The number of carbonyl (C=O) groups excluding carboxylic acids is 1. The van der Waals surface area contributed by atoms with Crippen molar-refractivity contribution in [2.24, 2.45) is 0 Å². The van der Waals surface area contributed by atoms with E-state index < -0.39 is 24.4 Å². The summed E-state index contributed by atoms with van der Waals surface area (Å²) in [6.07, 6.45) is 4.32. The summed E-state index contributed by atoms with van der Waals surface area (Å²) >= 11 is 0. The van der Waals surface area contributed by atoms with E-state index in [4.69, 9.17) is 9.72 Å². The van der Waals surface area contributed by atoms with Gasteiger partial charge < -0.3 is 24.4 Å². The third kappa shape index (κ3) is 5.63. The topological polar surface area (TPSA) is 88.4 Å². The van der Waals surface area contributed by atoms with Gasteiger partial charge in [0.2, 0.25) is 5.91 Å². The molecule has 0 aromatic carbocycles. The van der Waals surface area contributed by atoms with Gasteiger partial charge in [0.05, 0.1) is 17.2 Å². The number of alkyl halides is 3. The second-order valence-corrected chi connectivity index (χ2v) is 11.2. The van der Waals surface area contributed by atoms with Crippen molar-refractivity contribution >= 4 is 17.5 Å². The van der Waals surface area contributed by atoms with Gasteiger partial charge in [-0.15, -0.1) is 0 Å². The summed E-state index contributed by atoms with van der Waals surface area (Å²) in [4.78, 5) is 29.8. The number of carbonyl (C=O) groups is 1. The van der Waals surface area contributed by atoms with Gasteiger partial charge in [0, 0.05) is 63.8 Å². The molecule has 3 saturated heterocycles. The lowest BCUT2D eigenvalue weighted by molar-refractivity contribution is -0.156. The summed E-state index contributed by atoms with van der Waals surface area (Å²) in [7, 11) is 0. The Labute approximate surface area is 226 Å². The van der Waals surface area contributed by atoms with Crippen molar-refractivity contribution in [3.05, 3.63) is 29.6 Å². The number of piperidine rings is 1. The van der Waals surface area contributed by atoms with Gasteiger partial charge in [-0.2, -0.15) is 13.2 Å². The second kappa shape index (κ2) is 11.0. The van der Waals surface area contributed by atoms with Crippen LogP contribution in [0.15, 0.2) is 12.5 Å². The molecule has 0 bridgehead atoms. The number of hydrogen-bond donors (Lipinski definition) is 1. The predicted molar refractivity (Wildman–Crippen MR) is 139 cm³/mol. The van der Waals surface area contributed by atoms with E-state index in [0.717, 1.165) is 76.6 Å². The minimum Gasteiger partial charge on any atom is -0.381 e. The van der Waals surface area contributed by atoms with Gasteiger partial charge in [-0.25, -0.2) is 15.0 Å². The van der Waals surface area contributed by atoms with Gasteiger partial charge >= 0.3 is 6.18 Å². The SMILES string of the molecule is O=C1C[C@@H](C(F)(F)F)c2c(ncnc2N2CCC(c3nc(C4CCOCC4)cn3CCN3CCCC3)CC2)N1. The van der Waals surface area contributed by atoms with Crippen molar-refractivity contribution in [1.29, 1.82) is 0 Å². The highest BCUT2D eigenvalue weighted by atomic mass is 19.4. The maximum atomic E-state index is 13.9. The molecule has 0 unspecified atom stereocenters. The molecule has 3 fully saturated rings. The number of amides is 1. The molecule has 1 atom stereocenters. The van der Waals surface area contributed by atoms with Crippen LogP contribution in [0.3, 0.4) is 0 Å². The van der Waals surface area contributed by atoms with E-state index in [0.29, 0.717) is 19.0 Å². The largest absolute Gasteiger partial charge is 0.396 e. The average molecular weight is 548 g/mol. The van der Waals surface area contributed by atoms with Crippen molar-refractivity contribution in [3.8, 4) is 0 Å². The normalized spacial score (nSPS) is 23.7. The first-order chi connectivity index (χ1) is 18.9. The number of halogens is 3. The summed E-state index contributed by atoms with van der Waals surface area (Å²) in [6.45, 7) is 6.88. The maximum absolute atomic E-state index is 13.9. The molecule has 9 nitrogen and oxygen atoms in total. The Bertz CT molecular complexity index is 1170. The van der Waals surface area contributed by atoms with E-state index in [-0.39, 0.29) is 23.1 Å². The molecule has 0 aliphatic carbocycles. The molecule has 2 aromatic heterocycles. The molecular formula is C27H36F3N7O2. The predicted octanol–water partition coefficient (Wildman–Crippen LogP) is 4.04. The van der Waals surface area contributed by atoms with Crippen molar-refractivity contribution in [3.63, 3.8) is 0 Å². The Morgan fingerprint density at radius 2 is 1.72 bits per heavy atom. The number of likely N-dealkylation sites (tertiary alicyclic amines) is 1. The fourth-order valence-corrected chi connectivity index (χ4v) is 6.56. The number of fused-ring (bicyclic) bond motifs is 1. The zero-order valence-corrected chi connectivity index (χ0v) is 22.1. The molecule has 6 heterocycles. The first kappa shape index (κ1) is 26.5. The fourth-order valence-electron chi connectivity index (χ4n) is 6.56. The molecule has 212 valence electrons. The van der Waals surface area contributed by atoms with Gasteiger partial charge in [-0.1, -0.05) is 0 Å². The lowest BCUT2D eigenvalue weighted by Gasteiger charge is -2.36. The highest BCUT2D eigenvalue weighted by Crippen LogP contribution is 2.46. The monoisotopic (exact) mass is 547 g/mol. The molecule has 4 aliphatic heterocycles. The minimum absolute atomic E-state index is 0.0167. The van der Waals surface area contributed by atoms with Gasteiger partial charge in [0.25, 0.3) is 0 Å². The van der Waals surface area contributed by atoms with E-state index in [2.05, 4.69) is 30.9 Å². The van der Waals surface area contributed by atoms with Crippen LogP contribution in [0.25, 0.3) is 0 Å². The van der Waals surface area contributed by atoms with Crippen LogP contribution in [0.2, 0.25) is 0 Å². The van der Waals surface area contributed by atoms with Crippen molar-refractivity contribution in [2.45, 2.75) is 75.4 Å². The Morgan fingerprint density at radius 3 is 2.44 bits per heavy atom. The Balaban J connectivity index is 1.21. The number of aromatic nitrogens is 4. The van der Waals surface area contributed by atoms with Gasteiger partial charge in [-0.05, 0) is 51.6 Å². The Hall–Kier alpha value is -2.73. The number of rotatable bonds is 6. The van der Waals surface area contributed by atoms with Crippen LogP contribution in [0.5, 0.6) is 0 Å². The number of nitrogens with one attached hydrogen (secondary N) is 1.